The van der Waals surface area contributed by atoms with Gasteiger partial charge in [-0.2, -0.15) is 4.90 Å². The summed E-state index contributed by atoms with van der Waals surface area (Å²) < 4.78 is 35.3. The smallest absolute Gasteiger partial charge is 0.424 e. The van der Waals surface area contributed by atoms with Gasteiger partial charge in [0.1, 0.15) is 15.6 Å². The number of hydrogen-bond acceptors (Lipinski definition) is 5. The Balaban J connectivity index is 1.68. The van der Waals surface area contributed by atoms with Gasteiger partial charge in [0, 0.05) is 21.7 Å². The molecule has 4 amide bonds. The SMILES string of the molecule is CC(C)(C)OC(=O)N(C(=O)O)c1c(F)cc(C(C)(C)C)c(NC(=O)c2cc(NC(=O)[C@H]3[C@H](c4cc(Cl)cc(Cl)c4)C3(Cl)Cl)ccc2Cl)c1F. The van der Waals surface area contributed by atoms with E-state index in [9.17, 15) is 24.3 Å². The fourth-order valence-electron chi connectivity index (χ4n) is 5.10. The second kappa shape index (κ2) is 13.8. The number of benzene rings is 3. The molecule has 1 saturated carbocycles. The molecule has 49 heavy (non-hydrogen) atoms. The number of nitrogens with one attached hydrogen (secondary N) is 2. The molecular weight excluding hydrogens is 750 g/mol. The van der Waals surface area contributed by atoms with E-state index in [4.69, 9.17) is 62.7 Å². The van der Waals surface area contributed by atoms with E-state index >= 15 is 8.78 Å². The highest BCUT2D eigenvalue weighted by Gasteiger charge is 2.67. The van der Waals surface area contributed by atoms with Crippen LogP contribution in [0, 0.1) is 17.6 Å². The van der Waals surface area contributed by atoms with Crippen LogP contribution >= 0.6 is 58.0 Å². The highest BCUT2D eigenvalue weighted by molar-refractivity contribution is 6.53. The standard InChI is InChI=1S/C33H30Cl5F2N3O6/c1-31(2,3)19-13-21(39)26(43(29(46)47)30(48)49-32(4,5)6)24(40)25(19)42-27(44)18-12-17(7-8-20(18)36)41-28(45)23-22(33(23,37)38)14-9-15(34)11-16(35)10-14/h7-13,22-23H,1-6H3,(H,41,45)(H,42,44)(H,46,47)/t22-,23+/m0/s1. The molecule has 3 aromatic rings. The van der Waals surface area contributed by atoms with E-state index in [1.54, 1.807) is 32.9 Å². The molecule has 0 bridgehead atoms. The summed E-state index contributed by atoms with van der Waals surface area (Å²) in [6, 6.07) is 9.41. The summed E-state index contributed by atoms with van der Waals surface area (Å²) in [6.07, 6.45) is -3.60. The van der Waals surface area contributed by atoms with Crippen molar-refractivity contribution in [1.82, 2.24) is 0 Å². The van der Waals surface area contributed by atoms with Crippen LogP contribution in [-0.4, -0.2) is 39.0 Å². The van der Waals surface area contributed by atoms with Gasteiger partial charge in [-0.1, -0.05) is 55.6 Å². The van der Waals surface area contributed by atoms with E-state index in [1.165, 1.54) is 45.0 Å². The van der Waals surface area contributed by atoms with Gasteiger partial charge in [-0.05, 0) is 79.8 Å². The number of rotatable bonds is 6. The number of nitrogens with zero attached hydrogens (tertiary/aromatic N) is 1. The molecule has 3 N–H and O–H groups in total. The third-order valence-electron chi connectivity index (χ3n) is 7.29. The van der Waals surface area contributed by atoms with Crippen molar-refractivity contribution in [2.24, 2.45) is 5.92 Å². The van der Waals surface area contributed by atoms with Crippen LogP contribution in [0.3, 0.4) is 0 Å². The number of carbonyl (C=O) groups is 4. The Bertz CT molecular complexity index is 1860. The fourth-order valence-corrected chi connectivity index (χ4v) is 6.67. The molecule has 2 atom stereocenters. The van der Waals surface area contributed by atoms with Crippen molar-refractivity contribution in [3.05, 3.63) is 85.9 Å². The third-order valence-corrected chi connectivity index (χ3v) is 9.00. The lowest BCUT2D eigenvalue weighted by molar-refractivity contribution is -0.117. The Morgan fingerprint density at radius 2 is 1.49 bits per heavy atom. The van der Waals surface area contributed by atoms with Crippen LogP contribution < -0.4 is 15.5 Å². The first-order valence-corrected chi connectivity index (χ1v) is 16.4. The molecule has 0 spiro atoms. The average Bonchev–Trinajstić information content (AvgIpc) is 3.52. The van der Waals surface area contributed by atoms with Crippen molar-refractivity contribution >= 4 is 99.1 Å². The Morgan fingerprint density at radius 3 is 2.02 bits per heavy atom. The average molecular weight is 780 g/mol. The van der Waals surface area contributed by atoms with Gasteiger partial charge in [-0.25, -0.2) is 18.4 Å². The van der Waals surface area contributed by atoms with Crippen molar-refractivity contribution in [1.29, 1.82) is 0 Å². The largest absolute Gasteiger partial charge is 0.464 e. The molecule has 0 unspecified atom stereocenters. The first kappa shape index (κ1) is 38.5. The summed E-state index contributed by atoms with van der Waals surface area (Å²) in [4.78, 5) is 51.5. The Kier molecular flexibility index (Phi) is 10.8. The zero-order valence-corrected chi connectivity index (χ0v) is 30.6. The van der Waals surface area contributed by atoms with E-state index in [-0.39, 0.29) is 26.7 Å². The summed E-state index contributed by atoms with van der Waals surface area (Å²) in [5.74, 6) is -6.15. The van der Waals surface area contributed by atoms with Gasteiger partial charge in [0.25, 0.3) is 5.91 Å². The summed E-state index contributed by atoms with van der Waals surface area (Å²) in [5, 5.41) is 15.3. The molecule has 16 heteroatoms. The molecule has 4 rings (SSSR count). The summed E-state index contributed by atoms with van der Waals surface area (Å²) in [6.45, 7) is 9.10. The van der Waals surface area contributed by atoms with Gasteiger partial charge in [0.15, 0.2) is 11.6 Å². The van der Waals surface area contributed by atoms with E-state index < -0.39 is 74.2 Å². The Hall–Kier alpha value is -3.35. The predicted molar refractivity (Wildman–Crippen MR) is 187 cm³/mol. The number of ether oxygens (including phenoxy) is 1. The van der Waals surface area contributed by atoms with Gasteiger partial charge in [-0.15, -0.1) is 23.2 Å². The first-order valence-electron chi connectivity index (χ1n) is 14.5. The normalized spacial score (nSPS) is 16.8. The molecule has 0 aromatic heterocycles. The minimum absolute atomic E-state index is 0.0730. The number of anilines is 3. The monoisotopic (exact) mass is 777 g/mol. The Morgan fingerprint density at radius 1 is 0.898 bits per heavy atom. The lowest BCUT2D eigenvalue weighted by atomic mass is 9.85. The summed E-state index contributed by atoms with van der Waals surface area (Å²) >= 11 is 31.4. The van der Waals surface area contributed by atoms with E-state index in [2.05, 4.69) is 10.6 Å². The molecule has 9 nitrogen and oxygen atoms in total. The van der Waals surface area contributed by atoms with E-state index in [0.717, 1.165) is 6.07 Å². The molecule has 0 saturated heterocycles. The highest BCUT2D eigenvalue weighted by Crippen LogP contribution is 2.65. The molecule has 3 aromatic carbocycles. The van der Waals surface area contributed by atoms with Crippen molar-refractivity contribution in [2.75, 3.05) is 15.5 Å². The quantitative estimate of drug-likeness (QED) is 0.214. The van der Waals surface area contributed by atoms with Crippen LogP contribution in [0.5, 0.6) is 0 Å². The van der Waals surface area contributed by atoms with Crippen LogP contribution in [0.15, 0.2) is 42.5 Å². The number of carbonyl (C=O) groups excluding carboxylic acids is 3. The highest BCUT2D eigenvalue weighted by atomic mass is 35.5. The van der Waals surface area contributed by atoms with Crippen molar-refractivity contribution in [3.8, 4) is 0 Å². The Labute approximate surface area is 305 Å². The van der Waals surface area contributed by atoms with Crippen LogP contribution in [0.25, 0.3) is 0 Å². The molecule has 1 aliphatic carbocycles. The van der Waals surface area contributed by atoms with Gasteiger partial charge in [0.2, 0.25) is 5.91 Å². The minimum Gasteiger partial charge on any atom is -0.464 e. The second-order valence-corrected chi connectivity index (χ2v) is 16.0. The second-order valence-electron chi connectivity index (χ2n) is 13.3. The lowest BCUT2D eigenvalue weighted by Crippen LogP contribution is -2.41. The number of alkyl halides is 2. The zero-order valence-electron chi connectivity index (χ0n) is 26.8. The number of carboxylic acid groups (broad SMARTS) is 1. The molecule has 0 heterocycles. The molecular formula is C33H30Cl5F2N3O6. The summed E-state index contributed by atoms with van der Waals surface area (Å²) in [7, 11) is 0. The fraction of sp³-hybridized carbons (Fsp3) is 0.333. The number of amides is 4. The third kappa shape index (κ3) is 8.35. The first-order chi connectivity index (χ1) is 22.4. The van der Waals surface area contributed by atoms with Crippen LogP contribution in [0.2, 0.25) is 15.1 Å². The molecule has 0 aliphatic heterocycles. The lowest BCUT2D eigenvalue weighted by Gasteiger charge is -2.28. The summed E-state index contributed by atoms with van der Waals surface area (Å²) in [5.41, 5.74) is -3.81. The van der Waals surface area contributed by atoms with Crippen LogP contribution in [0.1, 0.15) is 68.9 Å². The van der Waals surface area contributed by atoms with Crippen molar-refractivity contribution in [3.63, 3.8) is 0 Å². The maximum Gasteiger partial charge on any atom is 0.424 e. The van der Waals surface area contributed by atoms with Crippen LogP contribution in [0.4, 0.5) is 35.4 Å². The van der Waals surface area contributed by atoms with Crippen molar-refractivity contribution in [2.45, 2.75) is 62.8 Å². The molecule has 1 fully saturated rings. The maximum atomic E-state index is 16.3. The predicted octanol–water partition coefficient (Wildman–Crippen LogP) is 10.4. The number of halogens is 7. The van der Waals surface area contributed by atoms with Gasteiger partial charge >= 0.3 is 12.2 Å². The van der Waals surface area contributed by atoms with Gasteiger partial charge < -0.3 is 20.5 Å². The minimum atomic E-state index is -2.03. The zero-order chi connectivity index (χ0) is 37.0. The van der Waals surface area contributed by atoms with Gasteiger partial charge in [-0.3, -0.25) is 9.59 Å². The molecule has 1 aliphatic rings. The number of hydrogen-bond donors (Lipinski definition) is 3. The van der Waals surface area contributed by atoms with E-state index in [0.29, 0.717) is 15.6 Å². The van der Waals surface area contributed by atoms with Crippen molar-refractivity contribution < 1.29 is 37.8 Å². The molecule has 0 radical (unpaired) electrons. The van der Waals surface area contributed by atoms with Crippen LogP contribution in [-0.2, 0) is 14.9 Å². The van der Waals surface area contributed by atoms with Gasteiger partial charge in [0.05, 0.1) is 22.2 Å². The maximum absolute atomic E-state index is 16.3. The van der Waals surface area contributed by atoms with E-state index in [1.807, 2.05) is 0 Å². The number of imide groups is 1. The topological polar surface area (TPSA) is 125 Å². The molecule has 262 valence electrons.